The highest BCUT2D eigenvalue weighted by Gasteiger charge is 2.19. The first kappa shape index (κ1) is 29.8. The minimum absolute atomic E-state index is 0.0196. The number of primary amides is 2. The molecule has 0 fully saturated rings. The summed E-state index contributed by atoms with van der Waals surface area (Å²) in [4.78, 5) is 38.6. The van der Waals surface area contributed by atoms with Gasteiger partial charge >= 0.3 is 0 Å². The van der Waals surface area contributed by atoms with Crippen LogP contribution in [0.4, 0.5) is 0 Å². The van der Waals surface area contributed by atoms with E-state index in [1.165, 1.54) is 0 Å². The molecule has 6 aromatic rings. The number of nitrogens with two attached hydrogens (primary N) is 6. The Morgan fingerprint density at radius 1 is 0.630 bits per heavy atom. The van der Waals surface area contributed by atoms with Crippen molar-refractivity contribution in [1.29, 1.82) is 0 Å². The molecule has 0 saturated carbocycles. The Morgan fingerprint density at radius 3 is 1.76 bits per heavy atom. The van der Waals surface area contributed by atoms with Crippen LogP contribution in [0.25, 0.3) is 55.0 Å². The third-order valence-electron chi connectivity index (χ3n) is 8.08. The molecule has 6 rings (SSSR count). The molecule has 0 spiro atoms. The Kier molecular flexibility index (Phi) is 7.76. The number of guanidine groups is 2. The molecule has 12 heteroatoms. The summed E-state index contributed by atoms with van der Waals surface area (Å²) in [5, 5.41) is 3.12. The predicted molar refractivity (Wildman–Crippen MR) is 184 cm³/mol. The fraction of sp³-hybridized carbons (Fsp3) is 0.118. The summed E-state index contributed by atoms with van der Waals surface area (Å²) in [6.07, 6.45) is -0.0196. The van der Waals surface area contributed by atoms with Crippen LogP contribution in [-0.4, -0.2) is 40.2 Å². The lowest BCUT2D eigenvalue weighted by molar-refractivity contribution is -0.119. The number of H-pyrrole nitrogens is 2. The lowest BCUT2D eigenvalue weighted by Crippen LogP contribution is -2.27. The van der Waals surface area contributed by atoms with Crippen LogP contribution in [0, 0.1) is 0 Å². The lowest BCUT2D eigenvalue weighted by Gasteiger charge is -2.12. The van der Waals surface area contributed by atoms with Gasteiger partial charge in [0.05, 0.1) is 18.9 Å². The molecule has 2 aromatic heterocycles. The van der Waals surface area contributed by atoms with E-state index in [9.17, 15) is 9.59 Å². The van der Waals surface area contributed by atoms with Gasteiger partial charge in [0.15, 0.2) is 11.9 Å². The molecule has 0 radical (unpaired) electrons. The highest BCUT2D eigenvalue weighted by Crippen LogP contribution is 2.35. The van der Waals surface area contributed by atoms with Crippen LogP contribution in [0.15, 0.2) is 94.9 Å². The second kappa shape index (κ2) is 12.0. The van der Waals surface area contributed by atoms with Crippen molar-refractivity contribution >= 4 is 56.4 Å². The van der Waals surface area contributed by atoms with Crippen molar-refractivity contribution in [1.82, 2.24) is 9.97 Å². The number of benzene rings is 4. The average Bonchev–Trinajstić information content (AvgIpc) is 3.61. The van der Waals surface area contributed by atoms with Crippen LogP contribution < -0.4 is 34.4 Å². The van der Waals surface area contributed by atoms with E-state index >= 15 is 0 Å². The van der Waals surface area contributed by atoms with Gasteiger partial charge in [-0.05, 0) is 70.3 Å². The Balaban J connectivity index is 1.33. The molecule has 0 saturated heterocycles. The number of amides is 2. The van der Waals surface area contributed by atoms with Gasteiger partial charge in [0.25, 0.3) is 0 Å². The normalized spacial score (nSPS) is 12.6. The zero-order chi connectivity index (χ0) is 32.5. The van der Waals surface area contributed by atoms with Gasteiger partial charge in [-0.25, -0.2) is 4.99 Å². The number of fused-ring (bicyclic) bond motifs is 4. The topological polar surface area (TPSA) is 247 Å². The fourth-order valence-corrected chi connectivity index (χ4v) is 5.83. The predicted octanol–water partition coefficient (Wildman–Crippen LogP) is 3.17. The molecule has 2 atom stereocenters. The highest BCUT2D eigenvalue weighted by molar-refractivity contribution is 6.10. The summed E-state index contributed by atoms with van der Waals surface area (Å²) in [6, 6.07) is 27.7. The Labute approximate surface area is 263 Å². The maximum Gasteiger partial charge on any atom is 0.226 e. The van der Waals surface area contributed by atoms with E-state index in [1.54, 1.807) is 0 Å². The molecule has 2 unspecified atom stereocenters. The number of hydrogen-bond donors (Lipinski definition) is 8. The third kappa shape index (κ3) is 6.04. The van der Waals surface area contributed by atoms with Gasteiger partial charge < -0.3 is 44.4 Å². The average molecular weight is 615 g/mol. The largest absolute Gasteiger partial charge is 0.370 e. The summed E-state index contributed by atoms with van der Waals surface area (Å²) < 4.78 is 0. The fourth-order valence-electron chi connectivity index (χ4n) is 5.83. The molecule has 0 aliphatic rings. The molecule has 46 heavy (non-hydrogen) atoms. The number of aromatic amines is 2. The molecule has 2 heterocycles. The number of carbonyl (C=O) groups is 2. The minimum atomic E-state index is -0.627. The van der Waals surface area contributed by atoms with E-state index in [4.69, 9.17) is 34.4 Å². The first-order valence-corrected chi connectivity index (χ1v) is 14.6. The quantitative estimate of drug-likeness (QED) is 0.0849. The number of nitrogens with zero attached hydrogens (tertiary/aromatic N) is 2. The monoisotopic (exact) mass is 614 g/mol. The van der Waals surface area contributed by atoms with Gasteiger partial charge in [0.2, 0.25) is 11.8 Å². The van der Waals surface area contributed by atoms with Crippen molar-refractivity contribution in [3.8, 4) is 22.3 Å². The number of rotatable bonds is 10. The van der Waals surface area contributed by atoms with E-state index in [-0.39, 0.29) is 24.9 Å². The summed E-state index contributed by atoms with van der Waals surface area (Å²) in [5.74, 6) is -1.83. The molecule has 232 valence electrons. The van der Waals surface area contributed by atoms with Crippen LogP contribution in [-0.2, 0) is 9.59 Å². The second-order valence-corrected chi connectivity index (χ2v) is 11.3. The molecule has 0 aliphatic carbocycles. The van der Waals surface area contributed by atoms with Crippen LogP contribution in [0.5, 0.6) is 0 Å². The molecular formula is C34H34N10O2. The summed E-state index contributed by atoms with van der Waals surface area (Å²) in [6.45, 7) is 0.0899. The molecular weight excluding hydrogens is 580 g/mol. The zero-order valence-electron chi connectivity index (χ0n) is 24.8. The van der Waals surface area contributed by atoms with Crippen molar-refractivity contribution in [2.75, 3.05) is 6.54 Å². The molecule has 14 N–H and O–H groups in total. The number of hydrogen-bond acceptors (Lipinski definition) is 4. The Bertz CT molecular complexity index is 2170. The summed E-state index contributed by atoms with van der Waals surface area (Å²) in [5.41, 5.74) is 41.6. The zero-order valence-corrected chi connectivity index (χ0v) is 24.8. The van der Waals surface area contributed by atoms with Crippen molar-refractivity contribution in [2.45, 2.75) is 18.4 Å². The first-order chi connectivity index (χ1) is 22.0. The number of aromatic nitrogens is 2. The van der Waals surface area contributed by atoms with Gasteiger partial charge in [-0.15, -0.1) is 0 Å². The molecule has 0 bridgehead atoms. The molecule has 4 aromatic carbocycles. The van der Waals surface area contributed by atoms with Gasteiger partial charge in [-0.2, -0.15) is 0 Å². The Morgan fingerprint density at radius 2 is 1.20 bits per heavy atom. The van der Waals surface area contributed by atoms with Gasteiger partial charge in [-0.3, -0.25) is 14.6 Å². The Hall–Kier alpha value is -6.30. The van der Waals surface area contributed by atoms with E-state index in [0.29, 0.717) is 5.69 Å². The maximum absolute atomic E-state index is 12.0. The van der Waals surface area contributed by atoms with Crippen molar-refractivity contribution in [3.63, 3.8) is 0 Å². The summed E-state index contributed by atoms with van der Waals surface area (Å²) in [7, 11) is 0. The van der Waals surface area contributed by atoms with Crippen LogP contribution in [0.1, 0.15) is 29.6 Å². The van der Waals surface area contributed by atoms with Gasteiger partial charge in [0.1, 0.15) is 6.04 Å². The molecule has 0 aliphatic heterocycles. The van der Waals surface area contributed by atoms with Crippen LogP contribution in [0.3, 0.4) is 0 Å². The summed E-state index contributed by atoms with van der Waals surface area (Å²) >= 11 is 0. The number of aliphatic imine (C=N–C) groups is 2. The van der Waals surface area contributed by atoms with Crippen molar-refractivity contribution in [3.05, 3.63) is 96.2 Å². The lowest BCUT2D eigenvalue weighted by atomic mass is 9.95. The highest BCUT2D eigenvalue weighted by atomic mass is 16.1. The molecule has 12 nitrogen and oxygen atoms in total. The van der Waals surface area contributed by atoms with Crippen LogP contribution in [0.2, 0.25) is 0 Å². The van der Waals surface area contributed by atoms with Crippen LogP contribution >= 0.6 is 0 Å². The van der Waals surface area contributed by atoms with Gasteiger partial charge in [-0.1, -0.05) is 42.5 Å². The van der Waals surface area contributed by atoms with E-state index in [2.05, 4.69) is 62.4 Å². The SMILES string of the molecule is NC(=O)CC(N=C(N)N)c1cc2cc(-c3ccc4[nH]c5ccc(-c6ccc(C(CN=C(N)N)C(N)=O)cc6)cc5c4c3)ccc2[nH]1. The van der Waals surface area contributed by atoms with Crippen molar-refractivity contribution < 1.29 is 9.59 Å². The second-order valence-electron chi connectivity index (χ2n) is 11.3. The first-order valence-electron chi connectivity index (χ1n) is 14.6. The van der Waals surface area contributed by atoms with E-state index in [1.807, 2.05) is 42.5 Å². The van der Waals surface area contributed by atoms with E-state index < -0.39 is 23.8 Å². The number of carbonyl (C=O) groups excluding carboxylic acids is 2. The third-order valence-corrected chi connectivity index (χ3v) is 8.08. The van der Waals surface area contributed by atoms with Gasteiger partial charge in [0, 0.05) is 38.4 Å². The van der Waals surface area contributed by atoms with E-state index in [0.717, 1.165) is 60.5 Å². The van der Waals surface area contributed by atoms with Crippen molar-refractivity contribution in [2.24, 2.45) is 44.4 Å². The molecule has 2 amide bonds. The maximum atomic E-state index is 12.0. The standard InChI is InChI=1S/C34H34N10O2/c35-31(45)15-30(44-34(39)40)29-14-22-11-19(5-8-26(22)42-29)21-7-10-28-24(13-21)23-12-20(6-9-27(23)43-28)17-1-3-18(4-2-17)25(32(36)46)16-41-33(37)38/h1-14,25,30,42-43H,15-16H2,(H2,35,45)(H2,36,46)(H4,37,38,41)(H4,39,40,44). The smallest absolute Gasteiger partial charge is 0.226 e. The minimum Gasteiger partial charge on any atom is -0.370 e. The number of nitrogens with one attached hydrogen (secondary N) is 2.